The van der Waals surface area contributed by atoms with Gasteiger partial charge in [-0.1, -0.05) is 203 Å². The molecule has 56 heavy (non-hydrogen) atoms. The number of nitrogens with one attached hydrogen (secondary N) is 1. The second kappa shape index (κ2) is 48.2. The highest BCUT2D eigenvalue weighted by molar-refractivity contribution is 5.69. The zero-order valence-corrected chi connectivity index (χ0v) is 39.1. The summed E-state index contributed by atoms with van der Waals surface area (Å²) in [5.74, 6) is 1.42. The molecule has 0 aromatic rings. The molecule has 0 heterocycles. The van der Waals surface area contributed by atoms with Gasteiger partial charge < -0.3 is 19.5 Å². The lowest BCUT2D eigenvalue weighted by molar-refractivity contribution is -0.145. The van der Waals surface area contributed by atoms with Gasteiger partial charge >= 0.3 is 11.9 Å². The number of carbonyl (C=O) groups excluding carboxylic acids is 2. The third kappa shape index (κ3) is 42.5. The smallest absolute Gasteiger partial charge is 0.305 e. The molecule has 0 aliphatic carbocycles. The van der Waals surface area contributed by atoms with Crippen LogP contribution in [0.5, 0.6) is 0 Å². The predicted molar refractivity (Wildman–Crippen MR) is 244 cm³/mol. The van der Waals surface area contributed by atoms with Gasteiger partial charge in [0.2, 0.25) is 0 Å². The van der Waals surface area contributed by atoms with Crippen molar-refractivity contribution in [2.45, 2.75) is 266 Å². The molecule has 0 radical (unpaired) electrons. The van der Waals surface area contributed by atoms with Crippen molar-refractivity contribution < 1.29 is 23.8 Å². The van der Waals surface area contributed by atoms with Crippen LogP contribution in [-0.2, 0) is 23.8 Å². The van der Waals surface area contributed by atoms with Gasteiger partial charge in [0, 0.05) is 19.4 Å². The molecule has 0 atom stereocenters. The van der Waals surface area contributed by atoms with E-state index in [2.05, 4.69) is 39.9 Å². The average molecular weight is 796 g/mol. The molecule has 0 fully saturated rings. The lowest BCUT2D eigenvalue weighted by atomic mass is 9.92. The predicted octanol–water partition coefficient (Wildman–Crippen LogP) is 15.3. The van der Waals surface area contributed by atoms with E-state index in [9.17, 15) is 9.59 Å². The van der Waals surface area contributed by atoms with Gasteiger partial charge in [0.1, 0.15) is 0 Å². The van der Waals surface area contributed by atoms with Crippen molar-refractivity contribution in [3.05, 3.63) is 0 Å². The van der Waals surface area contributed by atoms with Crippen molar-refractivity contribution in [3.63, 3.8) is 0 Å². The number of carbonyl (C=O) groups is 2. The zero-order chi connectivity index (χ0) is 41.6. The Morgan fingerprint density at radius 1 is 0.411 bits per heavy atom. The summed E-state index contributed by atoms with van der Waals surface area (Å²) in [5.41, 5.74) is 0. The van der Waals surface area contributed by atoms with E-state index in [4.69, 9.17) is 14.2 Å². The van der Waals surface area contributed by atoms with E-state index in [1.165, 1.54) is 141 Å². The van der Waals surface area contributed by atoms with Crippen LogP contribution < -0.4 is 5.32 Å². The van der Waals surface area contributed by atoms with Crippen molar-refractivity contribution >= 4 is 11.9 Å². The lowest BCUT2D eigenvalue weighted by Crippen LogP contribution is -2.19. The van der Waals surface area contributed by atoms with Gasteiger partial charge in [0.05, 0.1) is 19.3 Å². The van der Waals surface area contributed by atoms with E-state index in [1.807, 2.05) is 13.8 Å². The topological polar surface area (TPSA) is 73.9 Å². The molecule has 0 saturated carbocycles. The van der Waals surface area contributed by atoms with Crippen molar-refractivity contribution in [1.82, 2.24) is 5.32 Å². The van der Waals surface area contributed by atoms with Crippen molar-refractivity contribution in [3.8, 4) is 0 Å². The standard InChI is InChI=1S/C48H95NO5.C2H6/c1-6-11-21-30-44(31-22-12-7-2)38-42-53-47(50)36-27-19-15-17-25-34-46(52-41-29-40-49-10-5)35-26-18-16-20-28-37-48(51)54-43-39-45(32-23-13-8-3)33-24-14-9-4;1-2/h44-46,49H,6-43H2,1-5H3;1-2H3. The first-order valence-corrected chi connectivity index (χ1v) is 25.1. The van der Waals surface area contributed by atoms with Gasteiger partial charge in [-0.3, -0.25) is 9.59 Å². The summed E-state index contributed by atoms with van der Waals surface area (Å²) >= 11 is 0. The molecular weight excluding hydrogens is 695 g/mol. The zero-order valence-electron chi connectivity index (χ0n) is 39.1. The third-order valence-corrected chi connectivity index (χ3v) is 11.4. The van der Waals surface area contributed by atoms with Gasteiger partial charge in [-0.25, -0.2) is 0 Å². The van der Waals surface area contributed by atoms with Crippen LogP contribution in [0.1, 0.15) is 260 Å². The molecule has 0 amide bonds. The van der Waals surface area contributed by atoms with Crippen LogP contribution in [-0.4, -0.2) is 51.0 Å². The molecule has 0 bridgehead atoms. The third-order valence-electron chi connectivity index (χ3n) is 11.4. The molecule has 0 rings (SSSR count). The summed E-state index contributed by atoms with van der Waals surface area (Å²) in [7, 11) is 0. The Bertz CT molecular complexity index is 701. The first-order chi connectivity index (χ1) is 27.5. The number of hydrogen-bond acceptors (Lipinski definition) is 6. The number of unbranched alkanes of at least 4 members (excludes halogenated alkanes) is 16. The molecule has 0 spiro atoms. The van der Waals surface area contributed by atoms with Gasteiger partial charge in [-0.15, -0.1) is 0 Å². The first kappa shape index (κ1) is 57.0. The Hall–Kier alpha value is -1.14. The molecule has 336 valence electrons. The molecule has 0 unspecified atom stereocenters. The minimum absolute atomic E-state index is 0.00323. The maximum atomic E-state index is 12.4. The number of hydrogen-bond donors (Lipinski definition) is 1. The van der Waals surface area contributed by atoms with Crippen molar-refractivity contribution in [1.29, 1.82) is 0 Å². The molecule has 0 aliphatic rings. The van der Waals surface area contributed by atoms with E-state index in [0.29, 0.717) is 44.0 Å². The summed E-state index contributed by atoms with van der Waals surface area (Å²) in [4.78, 5) is 24.7. The fourth-order valence-electron chi connectivity index (χ4n) is 7.70. The Balaban J connectivity index is 0. The second-order valence-electron chi connectivity index (χ2n) is 16.5. The largest absolute Gasteiger partial charge is 0.466 e. The number of rotatable bonds is 44. The minimum atomic E-state index is -0.00323. The van der Waals surface area contributed by atoms with Crippen LogP contribution in [0.25, 0.3) is 0 Å². The van der Waals surface area contributed by atoms with Crippen LogP contribution in [0.2, 0.25) is 0 Å². The summed E-state index contributed by atoms with van der Waals surface area (Å²) in [5, 5.41) is 3.40. The van der Waals surface area contributed by atoms with E-state index >= 15 is 0 Å². The van der Waals surface area contributed by atoms with E-state index in [-0.39, 0.29) is 11.9 Å². The number of ether oxygens (including phenoxy) is 3. The molecule has 0 aliphatic heterocycles. The Morgan fingerprint density at radius 3 is 1.14 bits per heavy atom. The SMILES string of the molecule is CC.CCCCCC(CCCCC)CCOC(=O)CCCCCCCC(CCCCCCCC(=O)OCCC(CCCCC)CCCCC)OCCCNCC. The summed E-state index contributed by atoms with van der Waals surface area (Å²) < 4.78 is 17.7. The fourth-order valence-corrected chi connectivity index (χ4v) is 7.70. The molecule has 0 aromatic carbocycles. The highest BCUT2D eigenvalue weighted by atomic mass is 16.5. The monoisotopic (exact) mass is 796 g/mol. The van der Waals surface area contributed by atoms with Crippen LogP contribution >= 0.6 is 0 Å². The summed E-state index contributed by atoms with van der Waals surface area (Å²) in [6.07, 6.45) is 38.8. The van der Waals surface area contributed by atoms with Gasteiger partial charge in [-0.05, 0) is 69.9 Å². The van der Waals surface area contributed by atoms with Crippen LogP contribution in [0.15, 0.2) is 0 Å². The Kier molecular flexibility index (Phi) is 49.1. The molecule has 0 aromatic heterocycles. The molecule has 6 heteroatoms. The minimum Gasteiger partial charge on any atom is -0.466 e. The quantitative estimate of drug-likeness (QED) is 0.0489. The maximum Gasteiger partial charge on any atom is 0.305 e. The van der Waals surface area contributed by atoms with E-state index < -0.39 is 0 Å². The summed E-state index contributed by atoms with van der Waals surface area (Å²) in [6.45, 7) is 19.3. The van der Waals surface area contributed by atoms with Crippen LogP contribution in [0.4, 0.5) is 0 Å². The normalized spacial score (nSPS) is 11.4. The molecule has 1 N–H and O–H groups in total. The first-order valence-electron chi connectivity index (χ1n) is 25.1. The average Bonchev–Trinajstić information content (AvgIpc) is 3.20. The van der Waals surface area contributed by atoms with E-state index in [0.717, 1.165) is 77.5 Å². The van der Waals surface area contributed by atoms with Crippen LogP contribution in [0.3, 0.4) is 0 Å². The van der Waals surface area contributed by atoms with Crippen molar-refractivity contribution in [2.24, 2.45) is 11.8 Å². The molecule has 0 saturated heterocycles. The van der Waals surface area contributed by atoms with Crippen molar-refractivity contribution in [2.75, 3.05) is 32.9 Å². The Labute approximate surface area is 351 Å². The maximum absolute atomic E-state index is 12.4. The highest BCUT2D eigenvalue weighted by Gasteiger charge is 2.13. The Morgan fingerprint density at radius 2 is 0.768 bits per heavy atom. The van der Waals surface area contributed by atoms with Gasteiger partial charge in [0.15, 0.2) is 0 Å². The van der Waals surface area contributed by atoms with Gasteiger partial charge in [0.25, 0.3) is 0 Å². The van der Waals surface area contributed by atoms with Gasteiger partial charge in [-0.2, -0.15) is 0 Å². The molecular formula is C50H101NO5. The van der Waals surface area contributed by atoms with Crippen LogP contribution in [0, 0.1) is 11.8 Å². The fraction of sp³-hybridized carbons (Fsp3) is 0.960. The second-order valence-corrected chi connectivity index (χ2v) is 16.5. The van der Waals surface area contributed by atoms with E-state index in [1.54, 1.807) is 0 Å². The molecule has 6 nitrogen and oxygen atoms in total. The summed E-state index contributed by atoms with van der Waals surface area (Å²) in [6, 6.07) is 0. The lowest BCUT2D eigenvalue weighted by Gasteiger charge is -2.18. The highest BCUT2D eigenvalue weighted by Crippen LogP contribution is 2.23. The number of esters is 2.